The second-order valence-corrected chi connectivity index (χ2v) is 10.5. The van der Waals surface area contributed by atoms with Crippen molar-refractivity contribution in [3.05, 3.63) is 35.0 Å². The Morgan fingerprint density at radius 1 is 1.18 bits per heavy atom. The predicted octanol–water partition coefficient (Wildman–Crippen LogP) is 4.05. The smallest absolute Gasteiger partial charge is 0.320 e. The van der Waals surface area contributed by atoms with Gasteiger partial charge in [0, 0.05) is 66.5 Å². The third kappa shape index (κ3) is 4.55. The molecule has 3 saturated heterocycles. The van der Waals surface area contributed by atoms with E-state index < -0.39 is 0 Å². The largest absolute Gasteiger partial charge is 0.394 e. The van der Waals surface area contributed by atoms with Gasteiger partial charge in [-0.2, -0.15) is 0 Å². The summed E-state index contributed by atoms with van der Waals surface area (Å²) in [6, 6.07) is 5.71. The number of fused-ring (bicyclic) bond motifs is 2. The highest BCUT2D eigenvalue weighted by molar-refractivity contribution is 6.31. The molecule has 0 radical (unpaired) electrons. The van der Waals surface area contributed by atoms with Crippen LogP contribution in [0.4, 0.5) is 4.79 Å². The van der Waals surface area contributed by atoms with Crippen LogP contribution in [-0.4, -0.2) is 82.7 Å². The highest BCUT2D eigenvalue weighted by atomic mass is 35.5. The molecular weight excluding hydrogens is 477 g/mol. The van der Waals surface area contributed by atoms with Gasteiger partial charge in [-0.15, -0.1) is 11.6 Å². The van der Waals surface area contributed by atoms with Crippen molar-refractivity contribution in [3.8, 4) is 0 Å². The minimum absolute atomic E-state index is 0.0311. The molecule has 1 aromatic carbocycles. The van der Waals surface area contributed by atoms with Crippen LogP contribution < -0.4 is 0 Å². The number of carbonyl (C=O) groups excluding carboxylic acids is 2. The number of hydrogen-bond acceptors (Lipinski definition) is 4. The van der Waals surface area contributed by atoms with Crippen molar-refractivity contribution in [2.24, 2.45) is 5.92 Å². The quantitative estimate of drug-likeness (QED) is 0.633. The van der Waals surface area contributed by atoms with E-state index >= 15 is 0 Å². The van der Waals surface area contributed by atoms with E-state index in [0.29, 0.717) is 49.4 Å². The van der Waals surface area contributed by atoms with Crippen LogP contribution in [0.1, 0.15) is 43.2 Å². The molecule has 1 unspecified atom stereocenters. The van der Waals surface area contributed by atoms with Gasteiger partial charge in [0.1, 0.15) is 6.61 Å². The van der Waals surface area contributed by atoms with Crippen molar-refractivity contribution in [2.45, 2.75) is 43.7 Å². The van der Waals surface area contributed by atoms with Crippen LogP contribution in [0, 0.1) is 5.92 Å². The van der Waals surface area contributed by atoms with Gasteiger partial charge in [0.25, 0.3) is 0 Å². The zero-order chi connectivity index (χ0) is 23.8. The molecule has 184 valence electrons. The van der Waals surface area contributed by atoms with Crippen LogP contribution in [0.5, 0.6) is 0 Å². The monoisotopic (exact) mass is 507 g/mol. The zero-order valence-electron chi connectivity index (χ0n) is 19.2. The molecule has 2 amide bonds. The van der Waals surface area contributed by atoms with E-state index in [0.717, 1.165) is 30.2 Å². The summed E-state index contributed by atoms with van der Waals surface area (Å²) in [6.07, 6.45) is 5.25. The second-order valence-electron chi connectivity index (χ2n) is 9.77. The van der Waals surface area contributed by atoms with Gasteiger partial charge in [0.2, 0.25) is 0 Å². The molecule has 7 nitrogen and oxygen atoms in total. The first kappa shape index (κ1) is 23.9. The van der Waals surface area contributed by atoms with Gasteiger partial charge in [0.15, 0.2) is 5.78 Å². The van der Waals surface area contributed by atoms with Gasteiger partial charge >= 0.3 is 6.03 Å². The number of ketones is 1. The molecule has 1 N–H and O–H groups in total. The topological polar surface area (TPSA) is 75.0 Å². The maximum atomic E-state index is 13.2. The van der Waals surface area contributed by atoms with Gasteiger partial charge in [-0.1, -0.05) is 11.6 Å². The third-order valence-corrected chi connectivity index (χ3v) is 8.29. The van der Waals surface area contributed by atoms with Crippen molar-refractivity contribution in [3.63, 3.8) is 0 Å². The summed E-state index contributed by atoms with van der Waals surface area (Å²) < 4.78 is 7.73. The summed E-state index contributed by atoms with van der Waals surface area (Å²) in [5, 5.41) is 11.6. The average Bonchev–Trinajstić information content (AvgIpc) is 3.22. The zero-order valence-corrected chi connectivity index (χ0v) is 20.7. The van der Waals surface area contributed by atoms with Crippen molar-refractivity contribution in [1.82, 2.24) is 14.4 Å². The number of nitrogens with zero attached hydrogens (tertiary/aromatic N) is 3. The Hall–Kier alpha value is -1.80. The first-order chi connectivity index (χ1) is 16.5. The number of rotatable bonds is 4. The summed E-state index contributed by atoms with van der Waals surface area (Å²) in [6.45, 7) is 2.85. The Kier molecular flexibility index (Phi) is 7.07. The number of aliphatic hydroxyl groups is 1. The molecular formula is C25H31Cl2N3O4. The molecule has 3 fully saturated rings. The summed E-state index contributed by atoms with van der Waals surface area (Å²) in [7, 11) is 0. The minimum Gasteiger partial charge on any atom is -0.394 e. The van der Waals surface area contributed by atoms with E-state index in [-0.39, 0.29) is 43.1 Å². The van der Waals surface area contributed by atoms with Gasteiger partial charge in [-0.25, -0.2) is 4.79 Å². The van der Waals surface area contributed by atoms with E-state index in [2.05, 4.69) is 10.8 Å². The van der Waals surface area contributed by atoms with Gasteiger partial charge < -0.3 is 24.2 Å². The molecule has 0 saturated carbocycles. The highest BCUT2D eigenvalue weighted by Gasteiger charge is 2.38. The van der Waals surface area contributed by atoms with Crippen molar-refractivity contribution in [1.29, 1.82) is 0 Å². The van der Waals surface area contributed by atoms with Crippen LogP contribution >= 0.6 is 23.2 Å². The third-order valence-electron chi connectivity index (χ3n) is 7.70. The van der Waals surface area contributed by atoms with Crippen molar-refractivity contribution >= 4 is 45.9 Å². The number of piperidine rings is 2. The summed E-state index contributed by atoms with van der Waals surface area (Å²) in [5.41, 5.74) is 2.22. The number of carbonyl (C=O) groups is 2. The van der Waals surface area contributed by atoms with Gasteiger partial charge in [-0.05, 0) is 48.9 Å². The van der Waals surface area contributed by atoms with Crippen LogP contribution in [0.3, 0.4) is 0 Å². The maximum Gasteiger partial charge on any atom is 0.320 e. The highest BCUT2D eigenvalue weighted by Crippen LogP contribution is 2.37. The number of aromatic nitrogens is 1. The van der Waals surface area contributed by atoms with Gasteiger partial charge in [0.05, 0.1) is 18.8 Å². The molecule has 2 aromatic rings. The molecule has 9 heteroatoms. The Balaban J connectivity index is 1.28. The number of amides is 2. The Morgan fingerprint density at radius 2 is 1.94 bits per heavy atom. The maximum absolute atomic E-state index is 13.2. The molecule has 0 spiro atoms. The second kappa shape index (κ2) is 10.1. The van der Waals surface area contributed by atoms with Crippen LogP contribution in [0.15, 0.2) is 24.4 Å². The number of ether oxygens (including phenoxy) is 1. The number of alkyl halides is 1. The molecule has 4 heterocycles. The predicted molar refractivity (Wildman–Crippen MR) is 132 cm³/mol. The van der Waals surface area contributed by atoms with Crippen molar-refractivity contribution in [2.75, 3.05) is 45.3 Å². The van der Waals surface area contributed by atoms with E-state index in [9.17, 15) is 14.7 Å². The standard InChI is InChI=1S/C25H31Cl2N3O4/c26-11-19(14-31)30-13-22(21-10-18(27)1-2-23(21)30)16-3-6-28(7-4-16)25(33)29-8-5-24-17(12-29)9-20(32)15-34-24/h1-2,10,13,16-17,19,24,31H,3-9,11-12,14-15H2/t17-,19?,24+/m1/s1. The van der Waals surface area contributed by atoms with E-state index in [1.165, 1.54) is 5.56 Å². The van der Waals surface area contributed by atoms with Gasteiger partial charge in [-0.3, -0.25) is 4.79 Å². The number of Topliss-reactive ketones (excluding diaryl/α,β-unsaturated/α-hetero) is 1. The summed E-state index contributed by atoms with van der Waals surface area (Å²) in [4.78, 5) is 28.9. The lowest BCUT2D eigenvalue weighted by Crippen LogP contribution is -2.54. The molecule has 0 aliphatic carbocycles. The normalized spacial score (nSPS) is 25.0. The lowest BCUT2D eigenvalue weighted by Gasteiger charge is -2.43. The summed E-state index contributed by atoms with van der Waals surface area (Å²) >= 11 is 12.4. The fraction of sp³-hybridized carbons (Fsp3) is 0.600. The number of likely N-dealkylation sites (tertiary alicyclic amines) is 2. The first-order valence-electron chi connectivity index (χ1n) is 12.1. The number of halogens is 2. The molecule has 3 aliphatic heterocycles. The molecule has 0 bridgehead atoms. The molecule has 34 heavy (non-hydrogen) atoms. The van der Waals surface area contributed by atoms with Crippen molar-refractivity contribution < 1.29 is 19.4 Å². The fourth-order valence-corrected chi connectivity index (χ4v) is 6.24. The number of aliphatic hydroxyl groups excluding tert-OH is 1. The Bertz CT molecular complexity index is 1060. The molecule has 3 aliphatic rings. The van der Waals surface area contributed by atoms with E-state index in [1.807, 2.05) is 28.0 Å². The number of hydrogen-bond donors (Lipinski definition) is 1. The SMILES string of the molecule is O=C1CO[C@H]2CCN(C(=O)N3CCC(c4cn(C(CO)CCl)c5ccc(Cl)cc45)CC3)C[C@H]2C1. The first-order valence-corrected chi connectivity index (χ1v) is 13.0. The van der Waals surface area contributed by atoms with Crippen LogP contribution in [0.2, 0.25) is 5.02 Å². The Morgan fingerprint density at radius 3 is 2.68 bits per heavy atom. The minimum atomic E-state index is -0.195. The fourth-order valence-electron chi connectivity index (χ4n) is 5.83. The number of benzene rings is 1. The molecule has 5 rings (SSSR count). The van der Waals surface area contributed by atoms with E-state index in [1.54, 1.807) is 0 Å². The lowest BCUT2D eigenvalue weighted by molar-refractivity contribution is -0.139. The van der Waals surface area contributed by atoms with Crippen LogP contribution in [0.25, 0.3) is 10.9 Å². The lowest BCUT2D eigenvalue weighted by atomic mass is 9.87. The van der Waals surface area contributed by atoms with E-state index in [4.69, 9.17) is 27.9 Å². The molecule has 3 atom stereocenters. The number of urea groups is 1. The average molecular weight is 508 g/mol. The van der Waals surface area contributed by atoms with Crippen LogP contribution in [-0.2, 0) is 9.53 Å². The Labute approximate surface area is 209 Å². The molecule has 1 aromatic heterocycles. The summed E-state index contributed by atoms with van der Waals surface area (Å²) in [5.74, 6) is 0.877.